The average Bonchev–Trinajstić information content (AvgIpc) is 2.72. The summed E-state index contributed by atoms with van der Waals surface area (Å²) in [5.74, 6) is 6.41. The number of rotatable bonds is 5. The maximum absolute atomic E-state index is 10.6. The molecule has 0 fully saturated rings. The summed E-state index contributed by atoms with van der Waals surface area (Å²) in [6.45, 7) is 2.81. The van der Waals surface area contributed by atoms with E-state index in [4.69, 9.17) is 0 Å². The lowest BCUT2D eigenvalue weighted by Crippen LogP contribution is -2.33. The van der Waals surface area contributed by atoms with E-state index in [0.29, 0.717) is 0 Å². The molecule has 0 saturated carbocycles. The molecule has 2 nitrogen and oxygen atoms in total. The van der Waals surface area contributed by atoms with Crippen molar-refractivity contribution in [3.63, 3.8) is 0 Å². The van der Waals surface area contributed by atoms with Crippen molar-refractivity contribution in [3.8, 4) is 11.8 Å². The fraction of sp³-hybridized carbons (Fsp3) is 0.200. The summed E-state index contributed by atoms with van der Waals surface area (Å²) >= 11 is 6.98. The lowest BCUT2D eigenvalue weighted by atomic mass is 10.0. The molecule has 0 aliphatic heterocycles. The molecule has 0 radical (unpaired) electrons. The van der Waals surface area contributed by atoms with E-state index >= 15 is 0 Å². The zero-order valence-electron chi connectivity index (χ0n) is 16.4. The van der Waals surface area contributed by atoms with Crippen LogP contribution in [0.1, 0.15) is 35.3 Å². The van der Waals surface area contributed by atoms with Gasteiger partial charge in [0.1, 0.15) is 0 Å². The number of nitrogens with zero attached hydrogens (tertiary/aromatic N) is 1. The van der Waals surface area contributed by atoms with Crippen LogP contribution in [0.2, 0.25) is 0 Å². The third kappa shape index (κ3) is 6.29. The van der Waals surface area contributed by atoms with Crippen molar-refractivity contribution in [2.75, 3.05) is 7.05 Å². The van der Waals surface area contributed by atoms with Crippen molar-refractivity contribution in [1.29, 1.82) is 0 Å². The molecule has 0 aromatic heterocycles. The molecule has 148 valence electrons. The summed E-state index contributed by atoms with van der Waals surface area (Å²) in [7, 11) is 2.04. The van der Waals surface area contributed by atoms with Gasteiger partial charge in [-0.3, -0.25) is 4.90 Å². The van der Waals surface area contributed by atoms with Crippen LogP contribution < -0.4 is 0 Å². The Labute approximate surface area is 189 Å². The Bertz CT molecular complexity index is 986. The van der Waals surface area contributed by atoms with Gasteiger partial charge in [0.05, 0.1) is 6.10 Å². The molecule has 1 N–H and O–H groups in total. The van der Waals surface area contributed by atoms with Gasteiger partial charge < -0.3 is 5.11 Å². The second-order valence-corrected chi connectivity index (χ2v) is 8.95. The Kier molecular flexibility index (Phi) is 7.69. The first-order valence-corrected chi connectivity index (χ1v) is 11.0. The second-order valence-electron chi connectivity index (χ2n) is 7.12. The van der Waals surface area contributed by atoms with E-state index in [0.717, 1.165) is 32.2 Å². The van der Waals surface area contributed by atoms with Crippen molar-refractivity contribution in [3.05, 3.63) is 104 Å². The lowest BCUT2D eigenvalue weighted by Gasteiger charge is -2.29. The van der Waals surface area contributed by atoms with Crippen LogP contribution in [0.15, 0.2) is 81.7 Å². The smallest absolute Gasteiger partial charge is 0.0942 e. The molecule has 0 saturated heterocycles. The van der Waals surface area contributed by atoms with Crippen LogP contribution in [0.3, 0.4) is 0 Å². The van der Waals surface area contributed by atoms with Crippen molar-refractivity contribution >= 4 is 31.9 Å². The largest absolute Gasteiger partial charge is 0.387 e. The number of benzene rings is 3. The van der Waals surface area contributed by atoms with Gasteiger partial charge in [-0.05, 0) is 55.4 Å². The molecular formula is C25H23Br2NO. The van der Waals surface area contributed by atoms with Gasteiger partial charge in [-0.25, -0.2) is 0 Å². The Morgan fingerprint density at radius 1 is 0.862 bits per heavy atom. The van der Waals surface area contributed by atoms with Gasteiger partial charge in [-0.1, -0.05) is 86.2 Å². The van der Waals surface area contributed by atoms with Crippen LogP contribution in [-0.4, -0.2) is 23.1 Å². The Morgan fingerprint density at radius 3 is 2.07 bits per heavy atom. The van der Waals surface area contributed by atoms with Crippen molar-refractivity contribution in [1.82, 2.24) is 4.90 Å². The molecule has 0 amide bonds. The summed E-state index contributed by atoms with van der Waals surface area (Å²) < 4.78 is 2.00. The Morgan fingerprint density at radius 2 is 1.45 bits per heavy atom. The SMILES string of the molecule is C[C@@H]([C@H](O)c1ccccc1)N(C)Cc1ccc(C#Cc2cc(Br)cc(Br)c2)cc1. The van der Waals surface area contributed by atoms with E-state index in [2.05, 4.69) is 60.7 Å². The highest BCUT2D eigenvalue weighted by Gasteiger charge is 2.20. The van der Waals surface area contributed by atoms with Crippen molar-refractivity contribution < 1.29 is 5.11 Å². The number of aliphatic hydroxyl groups excluding tert-OH is 1. The van der Waals surface area contributed by atoms with Crippen LogP contribution in [0, 0.1) is 11.8 Å². The quantitative estimate of drug-likeness (QED) is 0.413. The number of halogens is 2. The van der Waals surface area contributed by atoms with Gasteiger partial charge in [0.2, 0.25) is 0 Å². The molecule has 3 aromatic rings. The molecule has 3 aromatic carbocycles. The van der Waals surface area contributed by atoms with E-state index in [9.17, 15) is 5.11 Å². The normalized spacial score (nSPS) is 12.9. The maximum atomic E-state index is 10.6. The molecule has 0 bridgehead atoms. The minimum Gasteiger partial charge on any atom is -0.387 e. The number of hydrogen-bond donors (Lipinski definition) is 1. The van der Waals surface area contributed by atoms with E-state index in [1.807, 2.05) is 74.6 Å². The minimum absolute atomic E-state index is 0.00634. The number of likely N-dealkylation sites (N-methyl/N-ethyl adjacent to an activating group) is 1. The van der Waals surface area contributed by atoms with Crippen molar-refractivity contribution in [2.24, 2.45) is 0 Å². The van der Waals surface area contributed by atoms with E-state index in [1.165, 1.54) is 5.56 Å². The topological polar surface area (TPSA) is 23.5 Å². The van der Waals surface area contributed by atoms with Crippen LogP contribution in [-0.2, 0) is 6.54 Å². The van der Waals surface area contributed by atoms with Gasteiger partial charge in [-0.2, -0.15) is 0 Å². The standard InChI is InChI=1S/C25H23Br2NO/c1-18(25(29)22-6-4-3-5-7-22)28(2)17-20-11-8-19(9-12-20)10-13-21-14-23(26)16-24(27)15-21/h3-9,11-12,14-16,18,25,29H,17H2,1-2H3/t18-,25-/m0/s1. The minimum atomic E-state index is -0.518. The summed E-state index contributed by atoms with van der Waals surface area (Å²) in [5, 5.41) is 10.6. The third-order valence-corrected chi connectivity index (χ3v) is 5.81. The Hall–Kier alpha value is -1.90. The molecule has 4 heteroatoms. The van der Waals surface area contributed by atoms with Gasteiger partial charge in [0, 0.05) is 32.7 Å². The monoisotopic (exact) mass is 511 g/mol. The second kappa shape index (κ2) is 10.2. The fourth-order valence-corrected chi connectivity index (χ4v) is 4.36. The third-order valence-electron chi connectivity index (χ3n) is 4.89. The van der Waals surface area contributed by atoms with Gasteiger partial charge >= 0.3 is 0 Å². The van der Waals surface area contributed by atoms with Crippen molar-refractivity contribution in [2.45, 2.75) is 25.6 Å². The zero-order valence-corrected chi connectivity index (χ0v) is 19.6. The molecule has 0 unspecified atom stereocenters. The van der Waals surface area contributed by atoms with Gasteiger partial charge in [-0.15, -0.1) is 0 Å². The number of aliphatic hydroxyl groups is 1. The van der Waals surface area contributed by atoms with Crippen LogP contribution in [0.25, 0.3) is 0 Å². The lowest BCUT2D eigenvalue weighted by molar-refractivity contribution is 0.0688. The van der Waals surface area contributed by atoms with Crippen LogP contribution in [0.4, 0.5) is 0 Å². The first-order valence-electron chi connectivity index (χ1n) is 9.42. The highest BCUT2D eigenvalue weighted by Crippen LogP contribution is 2.22. The molecule has 2 atom stereocenters. The highest BCUT2D eigenvalue weighted by atomic mass is 79.9. The van der Waals surface area contributed by atoms with Crippen LogP contribution in [0.5, 0.6) is 0 Å². The molecule has 0 aliphatic rings. The molecule has 0 heterocycles. The molecule has 0 aliphatic carbocycles. The average molecular weight is 513 g/mol. The van der Waals surface area contributed by atoms with Gasteiger partial charge in [0.25, 0.3) is 0 Å². The molecule has 0 spiro atoms. The van der Waals surface area contributed by atoms with Gasteiger partial charge in [0.15, 0.2) is 0 Å². The molecular weight excluding hydrogens is 490 g/mol. The maximum Gasteiger partial charge on any atom is 0.0942 e. The Balaban J connectivity index is 1.64. The van der Waals surface area contributed by atoms with E-state index in [1.54, 1.807) is 0 Å². The molecule has 29 heavy (non-hydrogen) atoms. The fourth-order valence-electron chi connectivity index (χ4n) is 3.07. The summed E-state index contributed by atoms with van der Waals surface area (Å²) in [4.78, 5) is 2.16. The predicted molar refractivity (Wildman–Crippen MR) is 127 cm³/mol. The highest BCUT2D eigenvalue weighted by molar-refractivity contribution is 9.11. The van der Waals surface area contributed by atoms with Crippen LogP contribution >= 0.6 is 31.9 Å². The summed E-state index contributed by atoms with van der Waals surface area (Å²) in [6.07, 6.45) is -0.518. The zero-order chi connectivity index (χ0) is 20.8. The summed E-state index contributed by atoms with van der Waals surface area (Å²) in [5.41, 5.74) is 4.07. The first-order chi connectivity index (χ1) is 13.9. The first kappa shape index (κ1) is 21.8. The predicted octanol–water partition coefficient (Wildman–Crippen LogP) is 6.17. The molecule has 3 rings (SSSR count). The van der Waals surface area contributed by atoms with E-state index in [-0.39, 0.29) is 6.04 Å². The number of hydrogen-bond acceptors (Lipinski definition) is 2. The summed E-state index contributed by atoms with van der Waals surface area (Å²) in [6, 6.07) is 24.1. The van der Waals surface area contributed by atoms with E-state index < -0.39 is 6.10 Å².